The van der Waals surface area contributed by atoms with E-state index in [4.69, 9.17) is 15.6 Å². The molecular formula is C21H29N5O3. The first kappa shape index (κ1) is 21.0. The standard InChI is InChI=1S/C21H29N5O3/c1-29-12-11-25(14-19(22)27)15-21(28)23-20-13-18(16-7-5-6-8-16)24-26(20)17-9-3-2-4-10-17/h2-4,9-10,13,16H,5-8,11-12,14-15H2,1H3,(H2,22,27)(H,23,28). The van der Waals surface area contributed by atoms with Crippen LogP contribution in [0.5, 0.6) is 0 Å². The molecule has 1 aliphatic carbocycles. The van der Waals surface area contributed by atoms with Crippen molar-refractivity contribution in [3.63, 3.8) is 0 Å². The van der Waals surface area contributed by atoms with Crippen molar-refractivity contribution in [3.8, 4) is 5.69 Å². The molecule has 0 atom stereocenters. The number of methoxy groups -OCH3 is 1. The van der Waals surface area contributed by atoms with Gasteiger partial charge in [-0.25, -0.2) is 4.68 Å². The summed E-state index contributed by atoms with van der Waals surface area (Å²) in [5.41, 5.74) is 7.20. The van der Waals surface area contributed by atoms with Gasteiger partial charge in [-0.15, -0.1) is 0 Å². The molecule has 2 amide bonds. The van der Waals surface area contributed by atoms with Gasteiger partial charge in [0.05, 0.1) is 31.1 Å². The SMILES string of the molecule is COCCN(CC(N)=O)CC(=O)Nc1cc(C2CCCC2)nn1-c1ccccc1. The first-order chi connectivity index (χ1) is 14.1. The number of anilines is 1. The van der Waals surface area contributed by atoms with Crippen LogP contribution in [-0.4, -0.2) is 59.8 Å². The number of nitrogens with zero attached hydrogens (tertiary/aromatic N) is 3. The van der Waals surface area contributed by atoms with E-state index in [0.29, 0.717) is 24.9 Å². The lowest BCUT2D eigenvalue weighted by Gasteiger charge is -2.19. The average Bonchev–Trinajstić information content (AvgIpc) is 3.36. The Morgan fingerprint density at radius 3 is 2.62 bits per heavy atom. The van der Waals surface area contributed by atoms with Crippen LogP contribution in [0.15, 0.2) is 36.4 Å². The summed E-state index contributed by atoms with van der Waals surface area (Å²) in [6.07, 6.45) is 4.68. The minimum atomic E-state index is -0.480. The number of amides is 2. The summed E-state index contributed by atoms with van der Waals surface area (Å²) in [6, 6.07) is 11.7. The van der Waals surface area contributed by atoms with E-state index in [2.05, 4.69) is 5.32 Å². The smallest absolute Gasteiger partial charge is 0.239 e. The fourth-order valence-electron chi connectivity index (χ4n) is 3.72. The van der Waals surface area contributed by atoms with E-state index in [1.54, 1.807) is 16.7 Å². The van der Waals surface area contributed by atoms with Crippen molar-refractivity contribution in [1.29, 1.82) is 0 Å². The Labute approximate surface area is 171 Å². The number of hydrogen-bond acceptors (Lipinski definition) is 5. The summed E-state index contributed by atoms with van der Waals surface area (Å²) >= 11 is 0. The van der Waals surface area contributed by atoms with Crippen LogP contribution in [0.1, 0.15) is 37.3 Å². The number of primary amides is 1. The molecule has 0 spiro atoms. The van der Waals surface area contributed by atoms with Crippen LogP contribution in [0.4, 0.5) is 5.82 Å². The monoisotopic (exact) mass is 399 g/mol. The Balaban J connectivity index is 1.77. The molecule has 1 fully saturated rings. The van der Waals surface area contributed by atoms with E-state index in [-0.39, 0.29) is 19.0 Å². The number of hydrogen-bond donors (Lipinski definition) is 2. The predicted octanol–water partition coefficient (Wildman–Crippen LogP) is 1.90. The maximum absolute atomic E-state index is 12.7. The number of aromatic nitrogens is 2. The predicted molar refractivity (Wildman–Crippen MR) is 111 cm³/mol. The van der Waals surface area contributed by atoms with Gasteiger partial charge in [-0.3, -0.25) is 14.5 Å². The molecule has 1 saturated carbocycles. The van der Waals surface area contributed by atoms with Crippen LogP contribution >= 0.6 is 0 Å². The van der Waals surface area contributed by atoms with E-state index in [0.717, 1.165) is 24.2 Å². The number of carbonyl (C=O) groups excluding carboxylic acids is 2. The molecule has 0 bridgehead atoms. The van der Waals surface area contributed by atoms with Gasteiger partial charge in [-0.1, -0.05) is 31.0 Å². The van der Waals surface area contributed by atoms with Gasteiger partial charge >= 0.3 is 0 Å². The van der Waals surface area contributed by atoms with Crippen LogP contribution < -0.4 is 11.1 Å². The average molecular weight is 399 g/mol. The van der Waals surface area contributed by atoms with Crippen LogP contribution in [0.25, 0.3) is 5.69 Å². The summed E-state index contributed by atoms with van der Waals surface area (Å²) in [5.74, 6) is 0.363. The van der Waals surface area contributed by atoms with Crippen molar-refractivity contribution in [3.05, 3.63) is 42.1 Å². The number of carbonyl (C=O) groups is 2. The third-order valence-corrected chi connectivity index (χ3v) is 5.13. The minimum Gasteiger partial charge on any atom is -0.383 e. The number of nitrogens with one attached hydrogen (secondary N) is 1. The molecule has 0 aliphatic heterocycles. The number of para-hydroxylation sites is 1. The molecule has 3 rings (SSSR count). The molecule has 1 heterocycles. The number of nitrogens with two attached hydrogens (primary N) is 1. The summed E-state index contributed by atoms with van der Waals surface area (Å²) < 4.78 is 6.83. The number of rotatable bonds is 10. The van der Waals surface area contributed by atoms with Crippen molar-refractivity contribution in [2.24, 2.45) is 5.73 Å². The third-order valence-electron chi connectivity index (χ3n) is 5.13. The van der Waals surface area contributed by atoms with Gasteiger partial charge in [-0.05, 0) is 25.0 Å². The largest absolute Gasteiger partial charge is 0.383 e. The molecule has 3 N–H and O–H groups in total. The number of ether oxygens (including phenoxy) is 1. The second-order valence-corrected chi connectivity index (χ2v) is 7.40. The van der Waals surface area contributed by atoms with Gasteiger partial charge in [0.25, 0.3) is 0 Å². The second-order valence-electron chi connectivity index (χ2n) is 7.40. The van der Waals surface area contributed by atoms with Crippen molar-refractivity contribution in [2.75, 3.05) is 38.7 Å². The molecule has 1 aliphatic rings. The zero-order valence-electron chi connectivity index (χ0n) is 16.8. The summed E-state index contributed by atoms with van der Waals surface area (Å²) in [6.45, 7) is 0.902. The Hall–Kier alpha value is -2.71. The third kappa shape index (κ3) is 5.88. The maximum atomic E-state index is 12.7. The van der Waals surface area contributed by atoms with Gasteiger partial charge in [0.2, 0.25) is 11.8 Å². The van der Waals surface area contributed by atoms with E-state index in [1.165, 1.54) is 12.8 Å². The van der Waals surface area contributed by atoms with E-state index < -0.39 is 5.91 Å². The number of benzene rings is 1. The lowest BCUT2D eigenvalue weighted by atomic mass is 10.0. The van der Waals surface area contributed by atoms with Gasteiger partial charge in [0, 0.05) is 25.6 Å². The molecule has 8 heteroatoms. The minimum absolute atomic E-state index is 0.00203. The summed E-state index contributed by atoms with van der Waals surface area (Å²) in [4.78, 5) is 25.7. The molecule has 0 saturated heterocycles. The molecule has 0 unspecified atom stereocenters. The lowest BCUT2D eigenvalue weighted by Crippen LogP contribution is -2.41. The van der Waals surface area contributed by atoms with Gasteiger partial charge < -0.3 is 15.8 Å². The van der Waals surface area contributed by atoms with Crippen LogP contribution in [0, 0.1) is 0 Å². The molecular weight excluding hydrogens is 370 g/mol. The zero-order valence-corrected chi connectivity index (χ0v) is 16.8. The molecule has 29 heavy (non-hydrogen) atoms. The Kier molecular flexibility index (Phi) is 7.37. The molecule has 2 aromatic rings. The fourth-order valence-corrected chi connectivity index (χ4v) is 3.72. The highest BCUT2D eigenvalue weighted by molar-refractivity contribution is 5.92. The fraction of sp³-hybridized carbons (Fsp3) is 0.476. The van der Waals surface area contributed by atoms with Gasteiger partial charge in [0.15, 0.2) is 0 Å². The lowest BCUT2D eigenvalue weighted by molar-refractivity contribution is -0.121. The maximum Gasteiger partial charge on any atom is 0.239 e. The summed E-state index contributed by atoms with van der Waals surface area (Å²) in [7, 11) is 1.57. The van der Waals surface area contributed by atoms with Crippen LogP contribution in [0.3, 0.4) is 0 Å². The highest BCUT2D eigenvalue weighted by Crippen LogP contribution is 2.35. The first-order valence-corrected chi connectivity index (χ1v) is 10.0. The van der Waals surface area contributed by atoms with Gasteiger partial charge in [0.1, 0.15) is 5.82 Å². The Morgan fingerprint density at radius 2 is 1.97 bits per heavy atom. The van der Waals surface area contributed by atoms with Crippen LogP contribution in [0.2, 0.25) is 0 Å². The van der Waals surface area contributed by atoms with Gasteiger partial charge in [-0.2, -0.15) is 5.10 Å². The summed E-state index contributed by atoms with van der Waals surface area (Å²) in [5, 5.41) is 7.75. The quantitative estimate of drug-likeness (QED) is 0.635. The van der Waals surface area contributed by atoms with E-state index in [9.17, 15) is 9.59 Å². The molecule has 1 aromatic heterocycles. The second kappa shape index (κ2) is 10.2. The molecule has 8 nitrogen and oxygen atoms in total. The van der Waals surface area contributed by atoms with Crippen LogP contribution in [-0.2, 0) is 14.3 Å². The van der Waals surface area contributed by atoms with Crippen molar-refractivity contribution < 1.29 is 14.3 Å². The first-order valence-electron chi connectivity index (χ1n) is 10.0. The normalized spacial score (nSPS) is 14.4. The molecule has 156 valence electrons. The molecule has 1 aromatic carbocycles. The zero-order chi connectivity index (χ0) is 20.6. The highest BCUT2D eigenvalue weighted by atomic mass is 16.5. The van der Waals surface area contributed by atoms with Crippen molar-refractivity contribution in [1.82, 2.24) is 14.7 Å². The Bertz CT molecular complexity index is 815. The van der Waals surface area contributed by atoms with E-state index in [1.807, 2.05) is 36.4 Å². The topological polar surface area (TPSA) is 102 Å². The molecule has 0 radical (unpaired) electrons. The van der Waals surface area contributed by atoms with E-state index >= 15 is 0 Å². The Morgan fingerprint density at radius 1 is 1.24 bits per heavy atom. The van der Waals surface area contributed by atoms with Crippen molar-refractivity contribution in [2.45, 2.75) is 31.6 Å². The highest BCUT2D eigenvalue weighted by Gasteiger charge is 2.23. The van der Waals surface area contributed by atoms with Crippen molar-refractivity contribution >= 4 is 17.6 Å².